The molecule has 1 aliphatic rings. The average molecular weight is 307 g/mol. The Morgan fingerprint density at radius 1 is 1.43 bits per heavy atom. The normalized spacial score (nSPS) is 18.8. The van der Waals surface area contributed by atoms with Crippen molar-refractivity contribution in [2.24, 2.45) is 0 Å². The molecule has 0 N–H and O–H groups in total. The van der Waals surface area contributed by atoms with Crippen molar-refractivity contribution in [2.45, 2.75) is 13.0 Å². The predicted octanol–water partition coefficient (Wildman–Crippen LogP) is 2.86. The number of carbonyl (C=O) groups excluding carboxylic acids is 1. The van der Waals surface area contributed by atoms with E-state index in [0.29, 0.717) is 30.4 Å². The minimum Gasteiger partial charge on any atom is -0.375 e. The van der Waals surface area contributed by atoms with Gasteiger partial charge in [0.15, 0.2) is 0 Å². The van der Waals surface area contributed by atoms with E-state index in [9.17, 15) is 4.79 Å². The van der Waals surface area contributed by atoms with Gasteiger partial charge in [-0.1, -0.05) is 28.9 Å². The van der Waals surface area contributed by atoms with E-state index >= 15 is 0 Å². The summed E-state index contributed by atoms with van der Waals surface area (Å²) in [5, 5.41) is 4.57. The molecule has 5 nitrogen and oxygen atoms in total. The fraction of sp³-hybridized carbons (Fsp3) is 0.333. The van der Waals surface area contributed by atoms with Crippen LogP contribution in [0.25, 0.3) is 11.3 Å². The number of benzene rings is 1. The third-order valence-electron chi connectivity index (χ3n) is 3.37. The molecule has 0 radical (unpaired) electrons. The Balaban J connectivity index is 1.80. The second-order valence-corrected chi connectivity index (χ2v) is 5.46. The summed E-state index contributed by atoms with van der Waals surface area (Å²) in [6.07, 6.45) is 0.0398. The van der Waals surface area contributed by atoms with Crippen molar-refractivity contribution in [3.8, 4) is 11.3 Å². The number of ether oxygens (including phenoxy) is 1. The fourth-order valence-corrected chi connectivity index (χ4v) is 2.51. The maximum absolute atomic E-state index is 12.4. The topological polar surface area (TPSA) is 55.6 Å². The van der Waals surface area contributed by atoms with Gasteiger partial charge in [-0.15, -0.1) is 0 Å². The second-order valence-electron chi connectivity index (χ2n) is 5.02. The van der Waals surface area contributed by atoms with Crippen LogP contribution < -0.4 is 0 Å². The van der Waals surface area contributed by atoms with Crippen LogP contribution in [-0.2, 0) is 4.74 Å². The van der Waals surface area contributed by atoms with Crippen LogP contribution in [0.3, 0.4) is 0 Å². The molecule has 1 aliphatic heterocycles. The number of morpholine rings is 1. The zero-order valence-electron chi connectivity index (χ0n) is 11.6. The molecule has 1 fully saturated rings. The van der Waals surface area contributed by atoms with Crippen molar-refractivity contribution in [1.82, 2.24) is 10.1 Å². The molecule has 1 aromatic carbocycles. The second kappa shape index (κ2) is 5.87. The molecule has 2 heterocycles. The summed E-state index contributed by atoms with van der Waals surface area (Å²) in [4.78, 5) is 14.1. The number of hydrogen-bond donors (Lipinski definition) is 0. The van der Waals surface area contributed by atoms with Gasteiger partial charge < -0.3 is 14.2 Å². The summed E-state index contributed by atoms with van der Waals surface area (Å²) < 4.78 is 10.6. The summed E-state index contributed by atoms with van der Waals surface area (Å²) >= 11 is 5.95. The summed E-state index contributed by atoms with van der Waals surface area (Å²) in [6, 6.07) is 8.91. The van der Waals surface area contributed by atoms with Gasteiger partial charge in [0.2, 0.25) is 5.76 Å². The lowest BCUT2D eigenvalue weighted by atomic mass is 10.1. The van der Waals surface area contributed by atoms with Gasteiger partial charge in [-0.2, -0.15) is 0 Å². The first-order valence-corrected chi connectivity index (χ1v) is 7.15. The van der Waals surface area contributed by atoms with Gasteiger partial charge in [0.05, 0.1) is 12.7 Å². The molecule has 1 atom stereocenters. The first kappa shape index (κ1) is 14.1. The van der Waals surface area contributed by atoms with Gasteiger partial charge >= 0.3 is 0 Å². The molecule has 0 bridgehead atoms. The van der Waals surface area contributed by atoms with E-state index in [1.807, 2.05) is 19.1 Å². The number of rotatable bonds is 2. The number of halogens is 1. The van der Waals surface area contributed by atoms with Crippen LogP contribution >= 0.6 is 11.6 Å². The van der Waals surface area contributed by atoms with E-state index in [4.69, 9.17) is 20.9 Å². The van der Waals surface area contributed by atoms with Gasteiger partial charge in [0.25, 0.3) is 5.91 Å². The van der Waals surface area contributed by atoms with Crippen molar-refractivity contribution in [2.75, 3.05) is 19.7 Å². The van der Waals surface area contributed by atoms with Crippen LogP contribution in [0.4, 0.5) is 0 Å². The largest absolute Gasteiger partial charge is 0.375 e. The third-order valence-corrected chi connectivity index (χ3v) is 3.60. The van der Waals surface area contributed by atoms with E-state index in [1.165, 1.54) is 0 Å². The smallest absolute Gasteiger partial charge is 0.292 e. The van der Waals surface area contributed by atoms with Crippen molar-refractivity contribution in [1.29, 1.82) is 0 Å². The molecule has 110 valence electrons. The minimum absolute atomic E-state index is 0.0398. The van der Waals surface area contributed by atoms with Crippen LogP contribution in [0.1, 0.15) is 17.5 Å². The van der Waals surface area contributed by atoms with Crippen molar-refractivity contribution >= 4 is 17.5 Å². The molecule has 0 saturated carbocycles. The number of nitrogens with zero attached hydrogens (tertiary/aromatic N) is 2. The Kier molecular flexibility index (Phi) is 3.94. The maximum atomic E-state index is 12.4. The summed E-state index contributed by atoms with van der Waals surface area (Å²) in [5.41, 5.74) is 1.42. The molecule has 0 unspecified atom stereocenters. The highest BCUT2D eigenvalue weighted by Crippen LogP contribution is 2.23. The van der Waals surface area contributed by atoms with Gasteiger partial charge in [0.1, 0.15) is 5.69 Å². The Labute approximate surface area is 127 Å². The summed E-state index contributed by atoms with van der Waals surface area (Å²) in [5.74, 6) is 0.0741. The van der Waals surface area contributed by atoms with Crippen molar-refractivity contribution in [3.05, 3.63) is 41.1 Å². The molecule has 2 aromatic rings. The molecule has 0 spiro atoms. The van der Waals surface area contributed by atoms with Gasteiger partial charge in [0, 0.05) is 29.7 Å². The quantitative estimate of drug-likeness (QED) is 0.856. The number of hydrogen-bond acceptors (Lipinski definition) is 4. The Morgan fingerprint density at radius 3 is 3.05 bits per heavy atom. The van der Waals surface area contributed by atoms with Crippen LogP contribution in [0.2, 0.25) is 5.02 Å². The van der Waals surface area contributed by atoms with Crippen LogP contribution in [0.15, 0.2) is 34.9 Å². The Morgan fingerprint density at radius 2 is 2.29 bits per heavy atom. The number of aromatic nitrogens is 1. The molecule has 1 saturated heterocycles. The molecule has 21 heavy (non-hydrogen) atoms. The Bertz CT molecular complexity index is 656. The molecular weight excluding hydrogens is 292 g/mol. The molecular formula is C15H15ClN2O3. The van der Waals surface area contributed by atoms with E-state index in [0.717, 1.165) is 5.56 Å². The highest BCUT2D eigenvalue weighted by molar-refractivity contribution is 6.30. The average Bonchev–Trinajstić information content (AvgIpc) is 2.96. The first-order valence-electron chi connectivity index (χ1n) is 6.77. The van der Waals surface area contributed by atoms with Gasteiger partial charge in [-0.3, -0.25) is 4.79 Å². The van der Waals surface area contributed by atoms with Crippen molar-refractivity contribution in [3.63, 3.8) is 0 Å². The molecule has 6 heteroatoms. The molecule has 1 aromatic heterocycles. The fourth-order valence-electron chi connectivity index (χ4n) is 2.32. The lowest BCUT2D eigenvalue weighted by Crippen LogP contribution is -2.44. The predicted molar refractivity (Wildman–Crippen MR) is 78.3 cm³/mol. The van der Waals surface area contributed by atoms with E-state index in [2.05, 4.69) is 5.16 Å². The van der Waals surface area contributed by atoms with Gasteiger partial charge in [-0.25, -0.2) is 0 Å². The zero-order valence-corrected chi connectivity index (χ0v) is 12.3. The minimum atomic E-state index is -0.161. The van der Waals surface area contributed by atoms with Gasteiger partial charge in [-0.05, 0) is 19.1 Å². The lowest BCUT2D eigenvalue weighted by molar-refractivity contribution is -0.0137. The summed E-state index contributed by atoms with van der Waals surface area (Å²) in [6.45, 7) is 3.61. The maximum Gasteiger partial charge on any atom is 0.292 e. The van der Waals surface area contributed by atoms with Crippen LogP contribution in [0.5, 0.6) is 0 Å². The third kappa shape index (κ3) is 3.09. The van der Waals surface area contributed by atoms with Crippen LogP contribution in [0, 0.1) is 0 Å². The van der Waals surface area contributed by atoms with E-state index < -0.39 is 0 Å². The molecule has 0 aliphatic carbocycles. The Hall–Kier alpha value is -1.85. The van der Waals surface area contributed by atoms with E-state index in [1.54, 1.807) is 23.1 Å². The van der Waals surface area contributed by atoms with Crippen LogP contribution in [-0.4, -0.2) is 41.8 Å². The molecule has 3 rings (SSSR count). The van der Waals surface area contributed by atoms with Crippen molar-refractivity contribution < 1.29 is 14.1 Å². The summed E-state index contributed by atoms with van der Waals surface area (Å²) in [7, 11) is 0. The monoisotopic (exact) mass is 306 g/mol. The first-order chi connectivity index (χ1) is 10.1. The molecule has 1 amide bonds. The lowest BCUT2D eigenvalue weighted by Gasteiger charge is -2.30. The number of amides is 1. The number of carbonyl (C=O) groups is 1. The van der Waals surface area contributed by atoms with E-state index in [-0.39, 0.29) is 17.8 Å². The SMILES string of the molecule is C[C@H]1CN(C(=O)c2cc(-c3cccc(Cl)c3)no2)CCO1. The highest BCUT2D eigenvalue weighted by atomic mass is 35.5. The standard InChI is InChI=1S/C15H15ClN2O3/c1-10-9-18(5-6-20-10)15(19)14-8-13(17-21-14)11-3-2-4-12(16)7-11/h2-4,7-8,10H,5-6,9H2,1H3/t10-/m0/s1. The zero-order chi connectivity index (χ0) is 14.8. The highest BCUT2D eigenvalue weighted by Gasteiger charge is 2.25.